The molecule has 4 heterocycles. The number of fused-ring (bicyclic) bond motifs is 1. The molecule has 36 heavy (non-hydrogen) atoms. The fraction of sp³-hybridized carbons (Fsp3) is 0.375. The number of carbonyl (C=O) groups is 2. The molecule has 1 N–H and O–H groups in total. The third-order valence-corrected chi connectivity index (χ3v) is 6.47. The van der Waals surface area contributed by atoms with Gasteiger partial charge in [-0.1, -0.05) is 0 Å². The molecule has 2 aliphatic rings. The topological polar surface area (TPSA) is 104 Å². The van der Waals surface area contributed by atoms with Crippen molar-refractivity contribution in [2.75, 3.05) is 31.1 Å². The second-order valence-electron chi connectivity index (χ2n) is 9.24. The lowest BCUT2D eigenvalue weighted by molar-refractivity contribution is -0.157. The van der Waals surface area contributed by atoms with E-state index in [1.54, 1.807) is 19.9 Å². The molecule has 0 unspecified atom stereocenters. The zero-order chi connectivity index (χ0) is 25.7. The van der Waals surface area contributed by atoms with Crippen LogP contribution in [-0.4, -0.2) is 58.1 Å². The Labute approximate surface area is 204 Å². The highest BCUT2D eigenvalue weighted by molar-refractivity contribution is 6.13. The highest BCUT2D eigenvalue weighted by Crippen LogP contribution is 2.37. The number of pyridine rings is 1. The average molecular weight is 500 g/mol. The molecular weight excluding hydrogens is 477 g/mol. The zero-order valence-corrected chi connectivity index (χ0v) is 19.6. The minimum Gasteiger partial charge on any atom is -0.413 e. The molecule has 2 amide bonds. The smallest absolute Gasteiger partial charge is 0.413 e. The Balaban J connectivity index is 1.38. The molecule has 0 bridgehead atoms. The number of amides is 2. The van der Waals surface area contributed by atoms with Crippen LogP contribution in [0.5, 0.6) is 0 Å². The number of carbonyl (C=O) groups excluding carboxylic acids is 2. The third-order valence-electron chi connectivity index (χ3n) is 6.47. The maximum atomic E-state index is 13.4. The molecule has 12 heteroatoms. The van der Waals surface area contributed by atoms with Crippen molar-refractivity contribution in [3.05, 3.63) is 59.2 Å². The summed E-state index contributed by atoms with van der Waals surface area (Å²) in [5.41, 5.74) is 1.75. The van der Waals surface area contributed by atoms with Gasteiger partial charge in [0.25, 0.3) is 5.91 Å². The lowest BCUT2D eigenvalue weighted by Crippen LogP contribution is -2.51. The predicted molar refractivity (Wildman–Crippen MR) is 122 cm³/mol. The van der Waals surface area contributed by atoms with Gasteiger partial charge in [0.1, 0.15) is 0 Å². The van der Waals surface area contributed by atoms with Crippen LogP contribution in [0, 0.1) is 0 Å². The number of piperazine rings is 1. The number of hydrogen-bond donors (Lipinski definition) is 1. The van der Waals surface area contributed by atoms with Gasteiger partial charge in [-0.05, 0) is 49.7 Å². The molecule has 0 saturated carbocycles. The Bertz CT molecular complexity index is 1310. The first-order chi connectivity index (χ1) is 17.1. The SMILES string of the molecule is CC1(C)C(=O)N(Cc2ccc(-c3nnc(C(F)(F)F)o3)cn2)C(=O)c2ccc(N3CCNCC3)cc21. The van der Waals surface area contributed by atoms with Crippen molar-refractivity contribution in [2.24, 2.45) is 0 Å². The van der Waals surface area contributed by atoms with Crippen LogP contribution in [0.1, 0.15) is 41.4 Å². The van der Waals surface area contributed by atoms with Crippen LogP contribution >= 0.6 is 0 Å². The van der Waals surface area contributed by atoms with E-state index in [2.05, 4.69) is 29.8 Å². The minimum absolute atomic E-state index is 0.0853. The van der Waals surface area contributed by atoms with E-state index in [-0.39, 0.29) is 23.9 Å². The molecular formula is C24H23F3N6O3. The van der Waals surface area contributed by atoms with Crippen molar-refractivity contribution in [3.63, 3.8) is 0 Å². The van der Waals surface area contributed by atoms with Gasteiger partial charge in [-0.15, -0.1) is 10.2 Å². The molecule has 9 nitrogen and oxygen atoms in total. The lowest BCUT2D eigenvalue weighted by Gasteiger charge is -2.38. The van der Waals surface area contributed by atoms with Gasteiger partial charge < -0.3 is 14.6 Å². The Kier molecular flexibility index (Phi) is 5.78. The van der Waals surface area contributed by atoms with Crippen LogP contribution in [0.25, 0.3) is 11.5 Å². The Morgan fingerprint density at radius 3 is 2.47 bits per heavy atom. The van der Waals surface area contributed by atoms with Crippen molar-refractivity contribution in [1.82, 2.24) is 25.4 Å². The van der Waals surface area contributed by atoms with E-state index in [0.717, 1.165) is 36.8 Å². The minimum atomic E-state index is -4.75. The number of nitrogens with one attached hydrogen (secondary N) is 1. The quantitative estimate of drug-likeness (QED) is 0.546. The molecule has 0 radical (unpaired) electrons. The van der Waals surface area contributed by atoms with Gasteiger partial charge in [-0.2, -0.15) is 13.2 Å². The van der Waals surface area contributed by atoms with Crippen molar-refractivity contribution in [1.29, 1.82) is 0 Å². The van der Waals surface area contributed by atoms with E-state index in [9.17, 15) is 22.8 Å². The van der Waals surface area contributed by atoms with Crippen LogP contribution in [0.4, 0.5) is 18.9 Å². The van der Waals surface area contributed by atoms with Gasteiger partial charge in [0.05, 0.1) is 23.2 Å². The number of nitrogens with zero attached hydrogens (tertiary/aromatic N) is 5. The lowest BCUT2D eigenvalue weighted by atomic mass is 9.77. The number of hydrogen-bond acceptors (Lipinski definition) is 8. The second-order valence-corrected chi connectivity index (χ2v) is 9.24. The highest BCUT2D eigenvalue weighted by Gasteiger charge is 2.45. The van der Waals surface area contributed by atoms with Crippen LogP contribution in [-0.2, 0) is 22.9 Å². The van der Waals surface area contributed by atoms with E-state index in [0.29, 0.717) is 16.8 Å². The standard InChI is InChI=1S/C24H23F3N6O3/c1-23(2)18-11-16(32-9-7-28-8-10-32)5-6-17(18)20(34)33(22(23)35)13-15-4-3-14(12-29-15)19-30-31-21(36-19)24(25,26)27/h3-6,11-12,28H,7-10,13H2,1-2H3. The monoisotopic (exact) mass is 500 g/mol. The van der Waals surface area contributed by atoms with Crippen LogP contribution in [0.2, 0.25) is 0 Å². The number of benzene rings is 1. The Morgan fingerprint density at radius 1 is 1.08 bits per heavy atom. The summed E-state index contributed by atoms with van der Waals surface area (Å²) in [6.45, 7) is 6.92. The fourth-order valence-electron chi connectivity index (χ4n) is 4.45. The number of aromatic nitrogens is 3. The van der Waals surface area contributed by atoms with E-state index in [1.807, 2.05) is 12.1 Å². The molecule has 3 aromatic rings. The summed E-state index contributed by atoms with van der Waals surface area (Å²) in [5.74, 6) is -2.55. The van der Waals surface area contributed by atoms with Gasteiger partial charge >= 0.3 is 12.1 Å². The zero-order valence-electron chi connectivity index (χ0n) is 19.6. The Morgan fingerprint density at radius 2 is 1.83 bits per heavy atom. The summed E-state index contributed by atoms with van der Waals surface area (Å²) in [5, 5.41) is 9.71. The van der Waals surface area contributed by atoms with Gasteiger partial charge in [0, 0.05) is 43.6 Å². The summed E-state index contributed by atoms with van der Waals surface area (Å²) >= 11 is 0. The van der Waals surface area contributed by atoms with Crippen molar-refractivity contribution >= 4 is 17.5 Å². The van der Waals surface area contributed by atoms with E-state index >= 15 is 0 Å². The summed E-state index contributed by atoms with van der Waals surface area (Å²) in [6.07, 6.45) is -3.48. The molecule has 188 valence electrons. The highest BCUT2D eigenvalue weighted by atomic mass is 19.4. The van der Waals surface area contributed by atoms with Gasteiger partial charge in [-0.25, -0.2) is 0 Å². The number of rotatable bonds is 4. The van der Waals surface area contributed by atoms with Crippen molar-refractivity contribution < 1.29 is 27.2 Å². The summed E-state index contributed by atoms with van der Waals surface area (Å²) in [4.78, 5) is 34.3. The first-order valence-electron chi connectivity index (χ1n) is 11.4. The molecule has 2 aliphatic heterocycles. The molecule has 0 aliphatic carbocycles. The first kappa shape index (κ1) is 23.9. The van der Waals surface area contributed by atoms with Gasteiger partial charge in [-0.3, -0.25) is 19.5 Å². The normalized spacial score (nSPS) is 17.9. The molecule has 1 saturated heterocycles. The molecule has 2 aromatic heterocycles. The van der Waals surface area contributed by atoms with E-state index in [4.69, 9.17) is 0 Å². The van der Waals surface area contributed by atoms with Crippen LogP contribution in [0.15, 0.2) is 40.9 Å². The summed E-state index contributed by atoms with van der Waals surface area (Å²) in [7, 11) is 0. The fourth-order valence-corrected chi connectivity index (χ4v) is 4.45. The Hall–Kier alpha value is -3.80. The predicted octanol–water partition coefficient (Wildman–Crippen LogP) is 3.02. The maximum Gasteiger partial charge on any atom is 0.470 e. The van der Waals surface area contributed by atoms with Gasteiger partial charge in [0.15, 0.2) is 0 Å². The molecule has 0 spiro atoms. The average Bonchev–Trinajstić information content (AvgIpc) is 3.37. The van der Waals surface area contributed by atoms with Crippen molar-refractivity contribution in [3.8, 4) is 11.5 Å². The van der Waals surface area contributed by atoms with E-state index in [1.165, 1.54) is 18.3 Å². The van der Waals surface area contributed by atoms with E-state index < -0.39 is 23.4 Å². The second kappa shape index (κ2) is 8.70. The van der Waals surface area contributed by atoms with Crippen LogP contribution in [0.3, 0.4) is 0 Å². The first-order valence-corrected chi connectivity index (χ1v) is 11.4. The molecule has 1 fully saturated rings. The summed E-state index contributed by atoms with van der Waals surface area (Å²) < 4.78 is 42.8. The molecule has 1 aromatic carbocycles. The number of alkyl halides is 3. The maximum absolute atomic E-state index is 13.4. The molecule has 5 rings (SSSR count). The number of anilines is 1. The van der Waals surface area contributed by atoms with Crippen LogP contribution < -0.4 is 10.2 Å². The third kappa shape index (κ3) is 4.21. The molecule has 0 atom stereocenters. The number of imide groups is 1. The van der Waals surface area contributed by atoms with Crippen molar-refractivity contribution in [2.45, 2.75) is 32.0 Å². The largest absolute Gasteiger partial charge is 0.470 e. The number of halogens is 3. The van der Waals surface area contributed by atoms with Gasteiger partial charge in [0.2, 0.25) is 11.8 Å². The summed E-state index contributed by atoms with van der Waals surface area (Å²) in [6, 6.07) is 8.55.